The molecule has 320 valence electrons. The normalized spacial score (nSPS) is 16.3. The van der Waals surface area contributed by atoms with Gasteiger partial charge in [-0.3, -0.25) is 4.79 Å². The third-order valence-electron chi connectivity index (χ3n) is 10.5. The minimum atomic E-state index is -4.82. The molecule has 0 spiro atoms. The van der Waals surface area contributed by atoms with Crippen LogP contribution in [0.5, 0.6) is 0 Å². The van der Waals surface area contributed by atoms with Crippen LogP contribution >= 0.6 is 0 Å². The monoisotopic (exact) mass is 882 g/mol. The number of carboxylic acid groups (broad SMARTS) is 1. The van der Waals surface area contributed by atoms with Crippen LogP contribution in [0.2, 0.25) is 0 Å². The number of nitrogens with zero attached hydrogens (tertiary/aromatic N) is 2. The van der Waals surface area contributed by atoms with Crippen molar-refractivity contribution < 1.29 is 79.3 Å². The van der Waals surface area contributed by atoms with Gasteiger partial charge in [-0.25, -0.2) is 21.4 Å². The Hall–Kier alpha value is -4.16. The third kappa shape index (κ3) is 12.9. The van der Waals surface area contributed by atoms with Gasteiger partial charge in [-0.05, 0) is 74.6 Å². The number of rotatable bonds is 20. The Labute approximate surface area is 380 Å². The summed E-state index contributed by atoms with van der Waals surface area (Å²) < 4.78 is 90.1. The SMILES string of the molecule is COCC[N+](CCOC)=c1ccc2c(/C=C/C=C/C=C/C=C3\N(CCCS(=O)(=O)[O-])c4ccc(S(=O)(=O)[O-])cc4C3(C)CCCC(=O)O)c(C)c(-c3ccccc3)oc-2c1.[Na+]. The Balaban J connectivity index is 0.00000819. The van der Waals surface area contributed by atoms with Crippen molar-refractivity contribution in [3.8, 4) is 22.6 Å². The van der Waals surface area contributed by atoms with Gasteiger partial charge in [-0.2, -0.15) is 0 Å². The van der Waals surface area contributed by atoms with E-state index in [-0.39, 0.29) is 61.8 Å². The van der Waals surface area contributed by atoms with Crippen LogP contribution in [0.15, 0.2) is 118 Å². The first-order valence-electron chi connectivity index (χ1n) is 19.5. The molecule has 0 fully saturated rings. The maximum absolute atomic E-state index is 12.0. The second kappa shape index (κ2) is 22.3. The Morgan fingerprint density at radius 1 is 0.902 bits per heavy atom. The van der Waals surface area contributed by atoms with E-state index in [2.05, 4.69) is 16.7 Å². The number of benzene rings is 3. The summed E-state index contributed by atoms with van der Waals surface area (Å²) in [5.41, 5.74) is 4.53. The van der Waals surface area contributed by atoms with Crippen molar-refractivity contribution in [3.05, 3.63) is 131 Å². The second-order valence-electron chi connectivity index (χ2n) is 14.6. The number of carbonyl (C=O) groups is 1. The number of ether oxygens (including phenoxy) is 2. The maximum atomic E-state index is 12.0. The van der Waals surface area contributed by atoms with Gasteiger partial charge in [0.1, 0.15) is 34.9 Å². The molecule has 16 heteroatoms. The van der Waals surface area contributed by atoms with E-state index in [9.17, 15) is 35.8 Å². The predicted molar refractivity (Wildman–Crippen MR) is 229 cm³/mol. The first kappa shape index (κ1) is 49.5. The van der Waals surface area contributed by atoms with Crippen molar-refractivity contribution in [1.82, 2.24) is 4.58 Å². The number of hydrogen-bond donors (Lipinski definition) is 1. The fourth-order valence-electron chi connectivity index (χ4n) is 7.55. The first-order valence-corrected chi connectivity index (χ1v) is 22.5. The largest absolute Gasteiger partial charge is 1.00 e. The molecule has 1 atom stereocenters. The molecule has 0 radical (unpaired) electrons. The van der Waals surface area contributed by atoms with E-state index in [1.807, 2.05) is 74.5 Å². The molecule has 2 aliphatic heterocycles. The molecule has 0 amide bonds. The molecule has 0 saturated heterocycles. The summed E-state index contributed by atoms with van der Waals surface area (Å²) in [5, 5.41) is 10.4. The van der Waals surface area contributed by atoms with Gasteiger partial charge in [0.05, 0.1) is 21.1 Å². The van der Waals surface area contributed by atoms with Gasteiger partial charge in [0.2, 0.25) is 5.36 Å². The second-order valence-corrected chi connectivity index (χ2v) is 17.6. The average Bonchev–Trinajstić information content (AvgIpc) is 3.43. The Morgan fingerprint density at radius 3 is 2.21 bits per heavy atom. The molecule has 2 aromatic rings. The number of fused-ring (bicyclic) bond motifs is 2. The van der Waals surface area contributed by atoms with E-state index in [0.717, 1.165) is 33.4 Å². The molecule has 2 aromatic carbocycles. The van der Waals surface area contributed by atoms with Crippen LogP contribution in [0.3, 0.4) is 0 Å². The summed E-state index contributed by atoms with van der Waals surface area (Å²) in [6.07, 6.45) is 13.4. The van der Waals surface area contributed by atoms with Crippen molar-refractivity contribution in [2.45, 2.75) is 49.8 Å². The van der Waals surface area contributed by atoms with E-state index >= 15 is 0 Å². The Morgan fingerprint density at radius 2 is 1.57 bits per heavy atom. The molecular formula is C45H51N2NaO11S2. The zero-order valence-electron chi connectivity index (χ0n) is 35.2. The van der Waals surface area contributed by atoms with Crippen LogP contribution in [0.25, 0.3) is 28.7 Å². The summed E-state index contributed by atoms with van der Waals surface area (Å²) in [7, 11) is -5.98. The van der Waals surface area contributed by atoms with Gasteiger partial charge in [-0.1, -0.05) is 66.8 Å². The fourth-order valence-corrected chi connectivity index (χ4v) is 8.53. The van der Waals surface area contributed by atoms with Crippen molar-refractivity contribution in [3.63, 3.8) is 0 Å². The molecule has 5 rings (SSSR count). The van der Waals surface area contributed by atoms with Gasteiger partial charge in [0.25, 0.3) is 0 Å². The topological polar surface area (TPSA) is 190 Å². The van der Waals surface area contributed by atoms with Crippen LogP contribution in [-0.4, -0.2) is 89.8 Å². The number of aliphatic carboxylic acids is 1. The molecule has 61 heavy (non-hydrogen) atoms. The van der Waals surface area contributed by atoms with Gasteiger partial charge < -0.3 is 33.0 Å². The molecule has 3 aliphatic rings. The quantitative estimate of drug-likeness (QED) is 0.0591. The van der Waals surface area contributed by atoms with Crippen molar-refractivity contribution in [2.75, 3.05) is 57.7 Å². The maximum Gasteiger partial charge on any atom is 1.00 e. The summed E-state index contributed by atoms with van der Waals surface area (Å²) >= 11 is 0. The number of hydrogen-bond acceptors (Lipinski definition) is 11. The van der Waals surface area contributed by atoms with Gasteiger partial charge >= 0.3 is 35.5 Å². The fraction of sp³-hybridized carbons (Fsp3) is 0.333. The third-order valence-corrected chi connectivity index (χ3v) is 12.2. The average molecular weight is 883 g/mol. The van der Waals surface area contributed by atoms with E-state index in [4.69, 9.17) is 13.9 Å². The van der Waals surface area contributed by atoms with E-state index in [0.29, 0.717) is 49.0 Å². The van der Waals surface area contributed by atoms with Crippen molar-refractivity contribution >= 4 is 38.0 Å². The van der Waals surface area contributed by atoms with E-state index < -0.39 is 42.3 Å². The molecule has 1 unspecified atom stereocenters. The molecule has 1 N–H and O–H groups in total. The molecule has 13 nitrogen and oxygen atoms in total. The number of carboxylic acids is 1. The molecular weight excluding hydrogens is 832 g/mol. The van der Waals surface area contributed by atoms with E-state index in [1.54, 1.807) is 37.3 Å². The van der Waals surface area contributed by atoms with Gasteiger partial charge in [-0.15, -0.1) is 0 Å². The number of allylic oxidation sites excluding steroid dienone is 7. The van der Waals surface area contributed by atoms with Crippen LogP contribution in [-0.2, 0) is 39.9 Å². The predicted octanol–water partition coefficient (Wildman–Crippen LogP) is 3.31. The number of methoxy groups -OCH3 is 2. The minimum absolute atomic E-state index is 0. The first-order chi connectivity index (χ1) is 28.6. The standard InChI is InChI=1S/C45H52N2O11S2.Na/c1-33-37(38-22-20-35(46(26-28-56-3)27-29-57-4)31-41(38)58-44(33)34-15-9-8-10-16-34)17-11-6-5-7-12-18-42-45(2,24-13-19-43(48)49)39-32-36(60(53,54)55)21-23-40(39)47(42)25-14-30-59(50,51)52;/h5-12,15-18,20-23,31-32H,13-14,19,24-30H2,1-4H3,(H2-,48,49,50,51,52,53,54,55);/q;+1/p-1. The number of anilines is 1. The van der Waals surface area contributed by atoms with E-state index in [1.165, 1.54) is 18.2 Å². The van der Waals surface area contributed by atoms with Gasteiger partial charge in [0.15, 0.2) is 13.1 Å². The van der Waals surface area contributed by atoms with Crippen molar-refractivity contribution in [1.29, 1.82) is 0 Å². The molecule has 1 aliphatic carbocycles. The smallest absolute Gasteiger partial charge is 0.748 e. The summed E-state index contributed by atoms with van der Waals surface area (Å²) in [5.74, 6) is -0.143. The molecule has 2 heterocycles. The molecule has 0 saturated carbocycles. The van der Waals surface area contributed by atoms with Gasteiger partial charge in [0, 0.05) is 72.5 Å². The Bertz CT molecular complexity index is 2540. The van der Waals surface area contributed by atoms with Crippen LogP contribution in [0.1, 0.15) is 49.3 Å². The zero-order valence-corrected chi connectivity index (χ0v) is 38.8. The summed E-state index contributed by atoms with van der Waals surface area (Å²) in [6.45, 7) is 6.42. The van der Waals surface area contributed by atoms with Crippen LogP contribution in [0, 0.1) is 6.92 Å². The molecule has 0 bridgehead atoms. The van der Waals surface area contributed by atoms with Crippen molar-refractivity contribution in [2.24, 2.45) is 0 Å². The van der Waals surface area contributed by atoms with Crippen LogP contribution in [0.4, 0.5) is 5.69 Å². The van der Waals surface area contributed by atoms with Crippen LogP contribution < -0.4 is 44.4 Å². The Kier molecular flexibility index (Phi) is 18.1. The molecule has 0 aromatic heterocycles. The summed E-state index contributed by atoms with van der Waals surface area (Å²) in [6, 6.07) is 20.0. The minimum Gasteiger partial charge on any atom is -0.748 e. The zero-order chi connectivity index (χ0) is 43.5. The summed E-state index contributed by atoms with van der Waals surface area (Å²) in [4.78, 5) is 12.8.